The molecule has 0 saturated carbocycles. The number of hydrogen-bond donors (Lipinski definition) is 2. The Labute approximate surface area is 190 Å². The minimum Gasteiger partial charge on any atom is -0.497 e. The number of methoxy groups -OCH3 is 1. The molecular formula is C22H30IN3O3. The van der Waals surface area contributed by atoms with E-state index in [-0.39, 0.29) is 30.1 Å². The van der Waals surface area contributed by atoms with Gasteiger partial charge in [-0.15, -0.1) is 24.0 Å². The summed E-state index contributed by atoms with van der Waals surface area (Å²) in [7, 11) is 3.43. The summed E-state index contributed by atoms with van der Waals surface area (Å²) < 4.78 is 16.9. The summed E-state index contributed by atoms with van der Waals surface area (Å²) >= 11 is 0. The second-order valence-corrected chi connectivity index (χ2v) is 6.76. The topological polar surface area (TPSA) is 64.1 Å². The lowest BCUT2D eigenvalue weighted by atomic mass is 10.1. The summed E-state index contributed by atoms with van der Waals surface area (Å²) in [5, 5.41) is 6.69. The molecule has 1 aliphatic heterocycles. The minimum absolute atomic E-state index is 0. The Balaban J connectivity index is 0.00000300. The zero-order valence-corrected chi connectivity index (χ0v) is 19.8. The van der Waals surface area contributed by atoms with Crippen molar-refractivity contribution in [1.29, 1.82) is 0 Å². The van der Waals surface area contributed by atoms with Crippen molar-refractivity contribution in [3.8, 4) is 17.2 Å². The molecule has 0 spiro atoms. The zero-order valence-electron chi connectivity index (χ0n) is 17.5. The molecular weight excluding hydrogens is 481 g/mol. The van der Waals surface area contributed by atoms with Crippen LogP contribution in [0.3, 0.4) is 0 Å². The monoisotopic (exact) mass is 511 g/mol. The maximum atomic E-state index is 5.90. The van der Waals surface area contributed by atoms with Crippen molar-refractivity contribution in [3.63, 3.8) is 0 Å². The number of ether oxygens (including phenoxy) is 3. The largest absolute Gasteiger partial charge is 0.497 e. The van der Waals surface area contributed by atoms with Crippen molar-refractivity contribution in [1.82, 2.24) is 10.6 Å². The smallest absolute Gasteiger partial charge is 0.191 e. The van der Waals surface area contributed by atoms with Gasteiger partial charge in [0.1, 0.15) is 23.4 Å². The molecule has 0 fully saturated rings. The van der Waals surface area contributed by atoms with E-state index in [1.807, 2.05) is 31.2 Å². The van der Waals surface area contributed by atoms with E-state index in [9.17, 15) is 0 Å². The van der Waals surface area contributed by atoms with Gasteiger partial charge in [0.2, 0.25) is 0 Å². The van der Waals surface area contributed by atoms with Gasteiger partial charge in [-0.3, -0.25) is 4.99 Å². The van der Waals surface area contributed by atoms with Crippen molar-refractivity contribution in [2.45, 2.75) is 39.5 Å². The van der Waals surface area contributed by atoms with Gasteiger partial charge in [-0.1, -0.05) is 12.1 Å². The summed E-state index contributed by atoms with van der Waals surface area (Å²) in [5.41, 5.74) is 3.42. The fourth-order valence-corrected chi connectivity index (χ4v) is 3.24. The van der Waals surface area contributed by atoms with Gasteiger partial charge in [0.05, 0.1) is 13.7 Å². The molecule has 2 aromatic rings. The average Bonchev–Trinajstić information content (AvgIpc) is 3.07. The van der Waals surface area contributed by atoms with Gasteiger partial charge >= 0.3 is 0 Å². The Kier molecular flexibility index (Phi) is 8.88. The van der Waals surface area contributed by atoms with E-state index < -0.39 is 0 Å². The summed E-state index contributed by atoms with van der Waals surface area (Å²) in [6.07, 6.45) is 1.14. The second-order valence-electron chi connectivity index (χ2n) is 6.76. The normalized spacial score (nSPS) is 15.0. The molecule has 0 aromatic heterocycles. The summed E-state index contributed by atoms with van der Waals surface area (Å²) in [6.45, 7) is 5.99. The number of nitrogens with one attached hydrogen (secondary N) is 2. The quantitative estimate of drug-likeness (QED) is 0.336. The predicted molar refractivity (Wildman–Crippen MR) is 127 cm³/mol. The second kappa shape index (κ2) is 11.1. The third kappa shape index (κ3) is 6.16. The van der Waals surface area contributed by atoms with Crippen LogP contribution in [0.4, 0.5) is 0 Å². The summed E-state index contributed by atoms with van der Waals surface area (Å²) in [4.78, 5) is 4.31. The first-order valence-electron chi connectivity index (χ1n) is 9.65. The highest BCUT2D eigenvalue weighted by Crippen LogP contribution is 2.35. The first-order valence-corrected chi connectivity index (χ1v) is 9.65. The van der Waals surface area contributed by atoms with Gasteiger partial charge in [0.15, 0.2) is 5.96 Å². The van der Waals surface area contributed by atoms with Gasteiger partial charge in [0.25, 0.3) is 0 Å². The highest BCUT2D eigenvalue weighted by atomic mass is 127. The van der Waals surface area contributed by atoms with Crippen molar-refractivity contribution in [3.05, 3.63) is 53.1 Å². The number of nitrogens with zero attached hydrogens (tertiary/aromatic N) is 1. The number of hydrogen-bond acceptors (Lipinski definition) is 4. The summed E-state index contributed by atoms with van der Waals surface area (Å²) in [6, 6.07) is 12.2. The number of aliphatic imine (C=N–C) groups is 1. The van der Waals surface area contributed by atoms with Crippen molar-refractivity contribution >= 4 is 29.9 Å². The van der Waals surface area contributed by atoms with Crippen LogP contribution in [-0.4, -0.2) is 32.8 Å². The van der Waals surface area contributed by atoms with Gasteiger partial charge < -0.3 is 24.8 Å². The van der Waals surface area contributed by atoms with Gasteiger partial charge in [0, 0.05) is 37.7 Å². The van der Waals surface area contributed by atoms with E-state index in [0.29, 0.717) is 19.7 Å². The predicted octanol–water partition coefficient (Wildman–Crippen LogP) is 3.90. The van der Waals surface area contributed by atoms with E-state index in [2.05, 4.69) is 34.7 Å². The van der Waals surface area contributed by atoms with E-state index in [1.54, 1.807) is 14.2 Å². The Morgan fingerprint density at radius 2 is 1.90 bits per heavy atom. The van der Waals surface area contributed by atoms with Crippen molar-refractivity contribution in [2.75, 3.05) is 20.8 Å². The zero-order chi connectivity index (χ0) is 19.9. The molecule has 1 heterocycles. The van der Waals surface area contributed by atoms with Crippen LogP contribution in [0.5, 0.6) is 17.2 Å². The average molecular weight is 511 g/mol. The van der Waals surface area contributed by atoms with Crippen LogP contribution in [0.2, 0.25) is 0 Å². The molecule has 0 radical (unpaired) electrons. The fourth-order valence-electron chi connectivity index (χ4n) is 3.24. The molecule has 2 aromatic carbocycles. The Hall–Kier alpha value is -2.16. The Bertz CT molecular complexity index is 825. The van der Waals surface area contributed by atoms with E-state index >= 15 is 0 Å². The van der Waals surface area contributed by atoms with Gasteiger partial charge in [-0.25, -0.2) is 0 Å². The van der Waals surface area contributed by atoms with Gasteiger partial charge in [-0.2, -0.15) is 0 Å². The van der Waals surface area contributed by atoms with Crippen LogP contribution in [0, 0.1) is 0 Å². The fraction of sp³-hybridized carbons (Fsp3) is 0.409. The lowest BCUT2D eigenvalue weighted by Crippen LogP contribution is -2.36. The maximum Gasteiger partial charge on any atom is 0.191 e. The number of benzene rings is 2. The lowest BCUT2D eigenvalue weighted by molar-refractivity contribution is 0.254. The first-order chi connectivity index (χ1) is 13.6. The molecule has 0 saturated heterocycles. The molecule has 1 atom stereocenters. The molecule has 6 nitrogen and oxygen atoms in total. The SMILES string of the molecule is CCOc1cc2c(cc1CNC(=NC)NCc1ccc(OC)cc1)OC(C)C2.I. The van der Waals surface area contributed by atoms with Crippen molar-refractivity contribution in [2.24, 2.45) is 4.99 Å². The molecule has 0 amide bonds. The van der Waals surface area contributed by atoms with Crippen LogP contribution in [-0.2, 0) is 19.5 Å². The number of guanidine groups is 1. The molecule has 1 aliphatic rings. The van der Waals surface area contributed by atoms with Gasteiger partial charge in [-0.05, 0) is 43.7 Å². The van der Waals surface area contributed by atoms with Crippen LogP contribution >= 0.6 is 24.0 Å². The van der Waals surface area contributed by atoms with Crippen LogP contribution < -0.4 is 24.8 Å². The van der Waals surface area contributed by atoms with Crippen molar-refractivity contribution < 1.29 is 14.2 Å². The number of rotatable bonds is 7. The lowest BCUT2D eigenvalue weighted by Gasteiger charge is -2.16. The van der Waals surface area contributed by atoms with Crippen LogP contribution in [0.15, 0.2) is 41.4 Å². The third-order valence-electron chi connectivity index (χ3n) is 4.67. The Morgan fingerprint density at radius 1 is 1.17 bits per heavy atom. The van der Waals surface area contributed by atoms with E-state index in [4.69, 9.17) is 14.2 Å². The van der Waals surface area contributed by atoms with Crippen LogP contribution in [0.1, 0.15) is 30.5 Å². The van der Waals surface area contributed by atoms with E-state index in [1.165, 1.54) is 5.56 Å². The standard InChI is InChI=1S/C22H29N3O3.HI/c1-5-27-20-11-17-10-15(2)28-21(17)12-18(20)14-25-22(23-3)24-13-16-6-8-19(26-4)9-7-16;/h6-9,11-12,15H,5,10,13-14H2,1-4H3,(H2,23,24,25);1H. The first kappa shape index (κ1) is 23.1. The molecule has 1 unspecified atom stereocenters. The number of halogens is 1. The highest BCUT2D eigenvalue weighted by molar-refractivity contribution is 14.0. The molecule has 0 aliphatic carbocycles. The maximum absolute atomic E-state index is 5.90. The molecule has 29 heavy (non-hydrogen) atoms. The Morgan fingerprint density at radius 3 is 2.55 bits per heavy atom. The number of fused-ring (bicyclic) bond motifs is 1. The molecule has 158 valence electrons. The minimum atomic E-state index is 0. The summed E-state index contributed by atoms with van der Waals surface area (Å²) in [5.74, 6) is 3.43. The molecule has 7 heteroatoms. The molecule has 2 N–H and O–H groups in total. The highest BCUT2D eigenvalue weighted by Gasteiger charge is 2.21. The molecule has 0 bridgehead atoms. The van der Waals surface area contributed by atoms with E-state index in [0.717, 1.165) is 40.8 Å². The van der Waals surface area contributed by atoms with Crippen LogP contribution in [0.25, 0.3) is 0 Å². The molecule has 3 rings (SSSR count). The third-order valence-corrected chi connectivity index (χ3v) is 4.67.